The van der Waals surface area contributed by atoms with Crippen LogP contribution in [0.1, 0.15) is 44.5 Å². The Hall–Kier alpha value is -8.56. The first-order chi connectivity index (χ1) is 34.7. The van der Waals surface area contributed by atoms with E-state index in [2.05, 4.69) is 278 Å². The number of rotatable bonds is 8. The number of thiophene rings is 1. The molecule has 2 heteroatoms. The van der Waals surface area contributed by atoms with E-state index in [9.17, 15) is 0 Å². The van der Waals surface area contributed by atoms with Gasteiger partial charge in [0.2, 0.25) is 0 Å². The standard InChI is InChI=1S/C68H45NS/c1-4-20-47(21-5-1)67(60-33-14-10-26-54(60)55-27-11-15-34-61(55)67)50-40-44-52(45-41-50)69(51-42-38-46(39-43-51)53-30-18-32-59-57-29-13-17-37-64(57)70-66(53)59)63-36-19-31-58-56-28-12-16-35-62(56)68(65(58)63,48-22-6-2-7-23-48)49-24-8-3-9-25-49/h1-45H. The van der Waals surface area contributed by atoms with Crippen LogP contribution in [0.4, 0.5) is 17.1 Å². The zero-order valence-corrected chi connectivity index (χ0v) is 39.2. The fraction of sp³-hybridized carbons (Fsp3) is 0.0294. The van der Waals surface area contributed by atoms with E-state index in [0.29, 0.717) is 0 Å². The summed E-state index contributed by atoms with van der Waals surface area (Å²) in [6.07, 6.45) is 0. The fourth-order valence-electron chi connectivity index (χ4n) is 12.4. The summed E-state index contributed by atoms with van der Waals surface area (Å²) in [5, 5.41) is 2.62. The number of benzene rings is 11. The summed E-state index contributed by atoms with van der Waals surface area (Å²) in [7, 11) is 0. The quantitative estimate of drug-likeness (QED) is 0.147. The Morgan fingerprint density at radius 1 is 0.286 bits per heavy atom. The summed E-state index contributed by atoms with van der Waals surface area (Å²) in [4.78, 5) is 2.52. The predicted octanol–water partition coefficient (Wildman–Crippen LogP) is 17.9. The van der Waals surface area contributed by atoms with Crippen LogP contribution in [-0.4, -0.2) is 0 Å². The maximum absolute atomic E-state index is 2.52. The molecule has 14 rings (SSSR count). The summed E-state index contributed by atoms with van der Waals surface area (Å²) >= 11 is 1.88. The topological polar surface area (TPSA) is 3.24 Å². The van der Waals surface area contributed by atoms with E-state index in [1.807, 2.05) is 11.3 Å². The maximum atomic E-state index is 2.52. The first-order valence-corrected chi connectivity index (χ1v) is 25.1. The zero-order valence-electron chi connectivity index (χ0n) is 38.3. The first-order valence-electron chi connectivity index (χ1n) is 24.3. The van der Waals surface area contributed by atoms with Gasteiger partial charge in [0.1, 0.15) is 0 Å². The van der Waals surface area contributed by atoms with Crippen LogP contribution in [-0.2, 0) is 10.8 Å². The van der Waals surface area contributed by atoms with Crippen molar-refractivity contribution in [1.82, 2.24) is 0 Å². The molecule has 0 spiro atoms. The smallest absolute Gasteiger partial charge is 0.0734 e. The summed E-state index contributed by atoms with van der Waals surface area (Å²) in [6.45, 7) is 0. The first kappa shape index (κ1) is 40.5. The second-order valence-corrected chi connectivity index (χ2v) is 19.7. The Morgan fingerprint density at radius 3 is 1.30 bits per heavy atom. The molecule has 0 radical (unpaired) electrons. The van der Waals surface area contributed by atoms with E-state index in [1.54, 1.807) is 0 Å². The highest BCUT2D eigenvalue weighted by Gasteiger charge is 2.49. The normalized spacial score (nSPS) is 13.7. The number of nitrogens with zero attached hydrogens (tertiary/aromatic N) is 1. The number of hydrogen-bond acceptors (Lipinski definition) is 2. The molecule has 0 N–H and O–H groups in total. The van der Waals surface area contributed by atoms with Gasteiger partial charge in [-0.15, -0.1) is 11.3 Å². The Kier molecular flexibility index (Phi) is 9.27. The van der Waals surface area contributed by atoms with Gasteiger partial charge in [0, 0.05) is 37.1 Å². The van der Waals surface area contributed by atoms with E-state index in [4.69, 9.17) is 0 Å². The molecule has 0 atom stereocenters. The van der Waals surface area contributed by atoms with E-state index in [0.717, 1.165) is 17.1 Å². The molecule has 70 heavy (non-hydrogen) atoms. The van der Waals surface area contributed by atoms with E-state index >= 15 is 0 Å². The molecule has 11 aromatic carbocycles. The van der Waals surface area contributed by atoms with Crippen molar-refractivity contribution in [2.75, 3.05) is 4.90 Å². The molecule has 2 aliphatic carbocycles. The molecule has 0 fully saturated rings. The van der Waals surface area contributed by atoms with Crippen molar-refractivity contribution in [2.45, 2.75) is 10.8 Å². The Balaban J connectivity index is 1.01. The maximum Gasteiger partial charge on any atom is 0.0734 e. The molecule has 0 bridgehead atoms. The highest BCUT2D eigenvalue weighted by Crippen LogP contribution is 2.61. The van der Waals surface area contributed by atoms with Gasteiger partial charge in [-0.25, -0.2) is 0 Å². The highest BCUT2D eigenvalue weighted by molar-refractivity contribution is 7.26. The van der Waals surface area contributed by atoms with Crippen LogP contribution in [0, 0.1) is 0 Å². The average molecular weight is 908 g/mol. The lowest BCUT2D eigenvalue weighted by atomic mass is 9.67. The molecular formula is C68H45NS. The average Bonchev–Trinajstić information content (AvgIpc) is 4.08. The molecule has 1 aromatic heterocycles. The fourth-order valence-corrected chi connectivity index (χ4v) is 13.7. The molecule has 0 amide bonds. The molecule has 0 unspecified atom stereocenters. The third-order valence-electron chi connectivity index (χ3n) is 15.3. The van der Waals surface area contributed by atoms with Crippen LogP contribution in [0.15, 0.2) is 273 Å². The van der Waals surface area contributed by atoms with Crippen molar-refractivity contribution in [2.24, 2.45) is 0 Å². The second-order valence-electron chi connectivity index (χ2n) is 18.6. The molecule has 12 aromatic rings. The third kappa shape index (κ3) is 5.78. The lowest BCUT2D eigenvalue weighted by Gasteiger charge is -2.38. The van der Waals surface area contributed by atoms with E-state index in [-0.39, 0.29) is 0 Å². The van der Waals surface area contributed by atoms with Crippen LogP contribution in [0.25, 0.3) is 53.6 Å². The molecule has 328 valence electrons. The Bertz CT molecular complexity index is 3840. The summed E-state index contributed by atoms with van der Waals surface area (Å²) in [6, 6.07) is 102. The molecule has 0 saturated carbocycles. The van der Waals surface area contributed by atoms with Crippen LogP contribution < -0.4 is 4.90 Å². The summed E-state index contributed by atoms with van der Waals surface area (Å²) in [5.41, 5.74) is 19.9. The van der Waals surface area contributed by atoms with Gasteiger partial charge in [0.15, 0.2) is 0 Å². The predicted molar refractivity (Wildman–Crippen MR) is 294 cm³/mol. The van der Waals surface area contributed by atoms with Crippen molar-refractivity contribution in [1.29, 1.82) is 0 Å². The Morgan fingerprint density at radius 2 is 0.700 bits per heavy atom. The minimum absolute atomic E-state index is 0.502. The van der Waals surface area contributed by atoms with Crippen molar-refractivity contribution < 1.29 is 0 Å². The lowest BCUT2D eigenvalue weighted by molar-refractivity contribution is 0.766. The minimum Gasteiger partial charge on any atom is -0.310 e. The Labute approximate surface area is 412 Å². The van der Waals surface area contributed by atoms with Crippen molar-refractivity contribution in [3.63, 3.8) is 0 Å². The molecule has 0 saturated heterocycles. The summed E-state index contributed by atoms with van der Waals surface area (Å²) < 4.78 is 2.63. The third-order valence-corrected chi connectivity index (χ3v) is 16.5. The van der Waals surface area contributed by atoms with Gasteiger partial charge in [-0.3, -0.25) is 0 Å². The molecule has 1 heterocycles. The highest BCUT2D eigenvalue weighted by atomic mass is 32.1. The van der Waals surface area contributed by atoms with Gasteiger partial charge < -0.3 is 4.90 Å². The van der Waals surface area contributed by atoms with Crippen molar-refractivity contribution >= 4 is 48.6 Å². The van der Waals surface area contributed by atoms with Gasteiger partial charge in [0.05, 0.1) is 16.5 Å². The number of fused-ring (bicyclic) bond motifs is 9. The second kappa shape index (κ2) is 16.0. The monoisotopic (exact) mass is 907 g/mol. The van der Waals surface area contributed by atoms with Gasteiger partial charge >= 0.3 is 0 Å². The molecule has 1 nitrogen and oxygen atoms in total. The van der Waals surface area contributed by atoms with Crippen LogP contribution >= 0.6 is 11.3 Å². The van der Waals surface area contributed by atoms with Crippen molar-refractivity contribution in [3.05, 3.63) is 317 Å². The largest absolute Gasteiger partial charge is 0.310 e. The van der Waals surface area contributed by atoms with Gasteiger partial charge in [-0.2, -0.15) is 0 Å². The molecule has 2 aliphatic rings. The van der Waals surface area contributed by atoms with E-state index in [1.165, 1.54) is 98.1 Å². The minimum atomic E-state index is -0.603. The van der Waals surface area contributed by atoms with E-state index < -0.39 is 10.8 Å². The number of hydrogen-bond donors (Lipinski definition) is 0. The number of anilines is 3. The van der Waals surface area contributed by atoms with Crippen LogP contribution in [0.3, 0.4) is 0 Å². The molecular weight excluding hydrogens is 863 g/mol. The lowest BCUT2D eigenvalue weighted by Crippen LogP contribution is -2.30. The van der Waals surface area contributed by atoms with Gasteiger partial charge in [-0.05, 0) is 109 Å². The SMILES string of the molecule is c1ccc(C2(c3ccc(N(c4ccc(-c5cccc6c5sc5ccccc56)cc4)c4cccc5c4C(c4ccccc4)(c4ccccc4)c4ccccc4-5)cc3)c3ccccc3-c3ccccc32)cc1. The van der Waals surface area contributed by atoms with Gasteiger partial charge in [-0.1, -0.05) is 237 Å². The van der Waals surface area contributed by atoms with Crippen molar-refractivity contribution in [3.8, 4) is 33.4 Å². The summed E-state index contributed by atoms with van der Waals surface area (Å²) in [5.74, 6) is 0. The van der Waals surface area contributed by atoms with Crippen LogP contribution in [0.2, 0.25) is 0 Å². The molecule has 0 aliphatic heterocycles. The zero-order chi connectivity index (χ0) is 46.2. The van der Waals surface area contributed by atoms with Gasteiger partial charge in [0.25, 0.3) is 0 Å². The van der Waals surface area contributed by atoms with Crippen LogP contribution in [0.5, 0.6) is 0 Å².